The van der Waals surface area contributed by atoms with Crippen LogP contribution in [0.4, 0.5) is 10.6 Å². The number of carboxylic acids is 1. The van der Waals surface area contributed by atoms with E-state index >= 15 is 0 Å². The Morgan fingerprint density at radius 3 is 2.41 bits per heavy atom. The number of carboxylic acid groups (broad SMARTS) is 1. The Morgan fingerprint density at radius 1 is 1.05 bits per heavy atom. The molecule has 1 aromatic carbocycles. The summed E-state index contributed by atoms with van der Waals surface area (Å²) in [6.07, 6.45) is 0.0449. The fourth-order valence-electron chi connectivity index (χ4n) is 4.89. The molecule has 2 atom stereocenters. The molecule has 0 bridgehead atoms. The van der Waals surface area contributed by atoms with Gasteiger partial charge < -0.3 is 35.0 Å². The highest BCUT2D eigenvalue weighted by Crippen LogP contribution is 2.23. The van der Waals surface area contributed by atoms with Crippen molar-refractivity contribution >= 4 is 29.7 Å². The fourth-order valence-corrected chi connectivity index (χ4v) is 4.89. The van der Waals surface area contributed by atoms with Crippen molar-refractivity contribution in [2.24, 2.45) is 0 Å². The summed E-state index contributed by atoms with van der Waals surface area (Å²) in [5.41, 5.74) is 0.716. The van der Waals surface area contributed by atoms with Crippen molar-refractivity contribution in [3.05, 3.63) is 42.1 Å². The third kappa shape index (κ3) is 7.91. The number of hydrogen-bond acceptors (Lipinski definition) is 9. The maximum atomic E-state index is 13.5. The predicted octanol–water partition coefficient (Wildman–Crippen LogP) is 1.37. The summed E-state index contributed by atoms with van der Waals surface area (Å²) in [4.78, 5) is 64.4. The maximum Gasteiger partial charge on any atom is 0.409 e. The first-order chi connectivity index (χ1) is 19.7. The molecule has 13 heteroatoms. The number of piperazine rings is 1. The van der Waals surface area contributed by atoms with Crippen molar-refractivity contribution in [1.82, 2.24) is 25.1 Å². The molecule has 0 saturated carbocycles. The van der Waals surface area contributed by atoms with Crippen LogP contribution in [0.25, 0.3) is 11.4 Å². The van der Waals surface area contributed by atoms with Crippen LogP contribution in [0.1, 0.15) is 43.1 Å². The lowest BCUT2D eigenvalue weighted by Crippen LogP contribution is -2.56. The van der Waals surface area contributed by atoms with Gasteiger partial charge in [-0.1, -0.05) is 30.3 Å². The molecule has 41 heavy (non-hydrogen) atoms. The Labute approximate surface area is 238 Å². The Morgan fingerprint density at radius 2 is 1.76 bits per heavy atom. The molecule has 2 saturated heterocycles. The van der Waals surface area contributed by atoms with Gasteiger partial charge in [-0.25, -0.2) is 14.8 Å². The van der Waals surface area contributed by atoms with Crippen molar-refractivity contribution in [2.45, 2.75) is 44.8 Å². The van der Waals surface area contributed by atoms with E-state index in [2.05, 4.69) is 15.3 Å². The summed E-state index contributed by atoms with van der Waals surface area (Å²) in [7, 11) is 0. The van der Waals surface area contributed by atoms with Crippen LogP contribution in [0.5, 0.6) is 0 Å². The lowest BCUT2D eigenvalue weighted by molar-refractivity contribution is -0.138. The van der Waals surface area contributed by atoms with E-state index in [0.29, 0.717) is 36.7 Å². The average Bonchev–Trinajstić information content (AvgIpc) is 2.99. The molecule has 0 aliphatic carbocycles. The zero-order chi connectivity index (χ0) is 29.4. The summed E-state index contributed by atoms with van der Waals surface area (Å²) in [6, 6.07) is 9.57. The van der Waals surface area contributed by atoms with Crippen molar-refractivity contribution in [1.29, 1.82) is 0 Å². The van der Waals surface area contributed by atoms with Gasteiger partial charge in [-0.3, -0.25) is 14.4 Å². The van der Waals surface area contributed by atoms with Gasteiger partial charge in [0, 0.05) is 57.3 Å². The number of aliphatic carboxylic acids is 1. The minimum Gasteiger partial charge on any atom is -0.481 e. The molecule has 2 unspecified atom stereocenters. The van der Waals surface area contributed by atoms with Gasteiger partial charge in [0.15, 0.2) is 5.82 Å². The Hall–Kier alpha value is -4.26. The van der Waals surface area contributed by atoms with Gasteiger partial charge in [0.1, 0.15) is 17.6 Å². The predicted molar refractivity (Wildman–Crippen MR) is 148 cm³/mol. The van der Waals surface area contributed by atoms with Gasteiger partial charge >= 0.3 is 12.1 Å². The van der Waals surface area contributed by atoms with E-state index in [9.17, 15) is 29.4 Å². The molecule has 2 aliphatic rings. The summed E-state index contributed by atoms with van der Waals surface area (Å²) < 4.78 is 5.02. The highest BCUT2D eigenvalue weighted by atomic mass is 16.6. The van der Waals surface area contributed by atoms with Crippen molar-refractivity contribution < 1.29 is 34.1 Å². The van der Waals surface area contributed by atoms with Crippen LogP contribution in [0.2, 0.25) is 0 Å². The second-order valence-electron chi connectivity index (χ2n) is 10.0. The molecule has 2 aromatic rings. The van der Waals surface area contributed by atoms with Gasteiger partial charge in [-0.15, -0.1) is 0 Å². The molecule has 3 N–H and O–H groups in total. The van der Waals surface area contributed by atoms with Crippen LogP contribution in [0.3, 0.4) is 0 Å². The number of aromatic nitrogens is 2. The molecular formula is C28H36N6O7. The molecular weight excluding hydrogens is 532 g/mol. The zero-order valence-corrected chi connectivity index (χ0v) is 23.1. The van der Waals surface area contributed by atoms with Gasteiger partial charge in [-0.05, 0) is 26.2 Å². The van der Waals surface area contributed by atoms with E-state index in [4.69, 9.17) is 4.74 Å². The first-order valence-corrected chi connectivity index (χ1v) is 13.9. The minimum absolute atomic E-state index is 0.0224. The third-order valence-electron chi connectivity index (χ3n) is 7.07. The second-order valence-corrected chi connectivity index (χ2v) is 10.0. The number of rotatable bonds is 9. The number of benzene rings is 1. The lowest BCUT2D eigenvalue weighted by Gasteiger charge is -2.36. The highest BCUT2D eigenvalue weighted by Gasteiger charge is 2.31. The van der Waals surface area contributed by atoms with Crippen molar-refractivity contribution in [3.8, 4) is 11.4 Å². The normalized spacial score (nSPS) is 18.0. The van der Waals surface area contributed by atoms with E-state index in [-0.39, 0.29) is 51.3 Å². The number of aliphatic hydroxyl groups is 1. The van der Waals surface area contributed by atoms with Crippen LogP contribution in [0, 0.1) is 0 Å². The molecule has 3 amide bonds. The summed E-state index contributed by atoms with van der Waals surface area (Å²) in [6.45, 7) is 3.96. The van der Waals surface area contributed by atoms with E-state index in [0.717, 1.165) is 6.42 Å². The molecule has 0 spiro atoms. The third-order valence-corrected chi connectivity index (χ3v) is 7.07. The molecule has 2 fully saturated rings. The Balaban J connectivity index is 1.55. The van der Waals surface area contributed by atoms with Gasteiger partial charge in [0.05, 0.1) is 12.7 Å². The van der Waals surface area contributed by atoms with Crippen LogP contribution >= 0.6 is 0 Å². The van der Waals surface area contributed by atoms with Crippen LogP contribution in [0.15, 0.2) is 36.4 Å². The molecule has 0 radical (unpaired) electrons. The van der Waals surface area contributed by atoms with Gasteiger partial charge in [0.2, 0.25) is 5.91 Å². The molecule has 4 rings (SSSR count). The number of carbonyl (C=O) groups excluding carboxylic acids is 3. The quantitative estimate of drug-likeness (QED) is 0.402. The lowest BCUT2D eigenvalue weighted by atomic mass is 10.1. The number of β-amino-alcohol motifs (C(OH)–C–C–N with tert-alkyl or cyclic N) is 1. The SMILES string of the molecule is CCOC(=O)N1CCN(C(=O)C(CCC(=O)O)NC(=O)c2cc(N3CCCC(O)C3)nc(-c3ccccc3)n2)CC1. The molecule has 2 aliphatic heterocycles. The van der Waals surface area contributed by atoms with E-state index in [1.54, 1.807) is 6.92 Å². The first kappa shape index (κ1) is 29.7. The average molecular weight is 569 g/mol. The summed E-state index contributed by atoms with van der Waals surface area (Å²) in [5.74, 6) is -1.37. The Bertz CT molecular complexity index is 1240. The molecule has 1 aromatic heterocycles. The van der Waals surface area contributed by atoms with E-state index < -0.39 is 36.0 Å². The number of anilines is 1. The smallest absolute Gasteiger partial charge is 0.409 e. The van der Waals surface area contributed by atoms with Crippen LogP contribution in [-0.2, 0) is 14.3 Å². The monoisotopic (exact) mass is 568 g/mol. The zero-order valence-electron chi connectivity index (χ0n) is 23.1. The van der Waals surface area contributed by atoms with E-state index in [1.807, 2.05) is 35.2 Å². The van der Waals surface area contributed by atoms with Crippen LogP contribution in [-0.4, -0.2) is 112 Å². The fraction of sp³-hybridized carbons (Fsp3) is 0.500. The highest BCUT2D eigenvalue weighted by molar-refractivity contribution is 5.97. The summed E-state index contributed by atoms with van der Waals surface area (Å²) >= 11 is 0. The number of amides is 3. The number of piperidine rings is 1. The van der Waals surface area contributed by atoms with Gasteiger partial charge in [0.25, 0.3) is 5.91 Å². The number of aliphatic hydroxyl groups excluding tert-OH is 1. The van der Waals surface area contributed by atoms with Crippen LogP contribution < -0.4 is 10.2 Å². The van der Waals surface area contributed by atoms with Crippen molar-refractivity contribution in [2.75, 3.05) is 50.8 Å². The summed E-state index contributed by atoms with van der Waals surface area (Å²) in [5, 5.41) is 22.2. The minimum atomic E-state index is -1.11. The number of nitrogens with one attached hydrogen (secondary N) is 1. The largest absolute Gasteiger partial charge is 0.481 e. The maximum absolute atomic E-state index is 13.5. The molecule has 3 heterocycles. The number of hydrogen-bond donors (Lipinski definition) is 3. The molecule has 220 valence electrons. The van der Waals surface area contributed by atoms with Gasteiger partial charge in [-0.2, -0.15) is 0 Å². The first-order valence-electron chi connectivity index (χ1n) is 13.9. The standard InChI is InChI=1S/C28H36N6O7/c1-2-41-28(40)33-15-13-32(14-16-33)27(39)21(10-11-24(36)37)30-26(38)22-17-23(34-12-6-9-20(35)18-34)31-25(29-22)19-7-4-3-5-8-19/h3-5,7-8,17,20-21,35H,2,6,9-16,18H2,1H3,(H,30,38)(H,36,37). The second kappa shape index (κ2) is 13.9. The molecule has 13 nitrogen and oxygen atoms in total. The van der Waals surface area contributed by atoms with E-state index in [1.165, 1.54) is 15.9 Å². The number of nitrogens with zero attached hydrogens (tertiary/aromatic N) is 5. The Kier molecular flexibility index (Phi) is 10.1. The number of ether oxygens (including phenoxy) is 1. The topological polar surface area (TPSA) is 166 Å². The van der Waals surface area contributed by atoms with Crippen molar-refractivity contribution in [3.63, 3.8) is 0 Å². The number of carbonyl (C=O) groups is 4.